The van der Waals surface area contributed by atoms with Crippen molar-refractivity contribution in [2.24, 2.45) is 5.92 Å². The van der Waals surface area contributed by atoms with E-state index < -0.39 is 6.04 Å². The van der Waals surface area contributed by atoms with Crippen LogP contribution in [0.15, 0.2) is 72.8 Å². The molecule has 6 heteroatoms. The van der Waals surface area contributed by atoms with Crippen LogP contribution in [0, 0.1) is 25.6 Å². The molecular formula is C30H35FN2O3. The second kappa shape index (κ2) is 12.9. The lowest BCUT2D eigenvalue weighted by atomic mass is 10.0. The lowest BCUT2D eigenvalue weighted by Crippen LogP contribution is -2.52. The Morgan fingerprint density at radius 1 is 0.944 bits per heavy atom. The molecule has 0 aliphatic heterocycles. The third-order valence-corrected chi connectivity index (χ3v) is 5.90. The Morgan fingerprint density at radius 2 is 1.64 bits per heavy atom. The Kier molecular flexibility index (Phi) is 9.62. The highest BCUT2D eigenvalue weighted by atomic mass is 19.1. The van der Waals surface area contributed by atoms with Crippen LogP contribution < -0.4 is 10.1 Å². The highest BCUT2D eigenvalue weighted by Crippen LogP contribution is 2.20. The summed E-state index contributed by atoms with van der Waals surface area (Å²) in [6.07, 6.45) is 0.348. The molecule has 1 atom stereocenters. The summed E-state index contributed by atoms with van der Waals surface area (Å²) in [6, 6.07) is 20.6. The Bertz CT molecular complexity index is 1150. The lowest BCUT2D eigenvalue weighted by molar-refractivity contribution is -0.142. The summed E-state index contributed by atoms with van der Waals surface area (Å²) in [5.41, 5.74) is 3.71. The molecule has 0 aliphatic carbocycles. The van der Waals surface area contributed by atoms with E-state index in [4.69, 9.17) is 4.74 Å². The van der Waals surface area contributed by atoms with Crippen LogP contribution in [0.25, 0.3) is 0 Å². The maximum absolute atomic E-state index is 13.6. The van der Waals surface area contributed by atoms with E-state index in [1.807, 2.05) is 76.2 Å². The van der Waals surface area contributed by atoms with Crippen molar-refractivity contribution in [2.45, 2.75) is 46.7 Å². The fraction of sp³-hybridized carbons (Fsp3) is 0.333. The summed E-state index contributed by atoms with van der Waals surface area (Å²) < 4.78 is 19.4. The molecule has 0 bridgehead atoms. The Hall–Kier alpha value is -3.67. The number of halogens is 1. The molecule has 3 aromatic rings. The molecule has 0 heterocycles. The van der Waals surface area contributed by atoms with Crippen molar-refractivity contribution in [2.75, 3.05) is 13.2 Å². The highest BCUT2D eigenvalue weighted by molar-refractivity contribution is 5.88. The number of carbonyl (C=O) groups excluding carboxylic acids is 2. The van der Waals surface area contributed by atoms with Crippen LogP contribution in [0.3, 0.4) is 0 Å². The molecule has 1 N–H and O–H groups in total. The number of carbonyl (C=O) groups is 2. The van der Waals surface area contributed by atoms with Crippen LogP contribution in [0.5, 0.6) is 5.75 Å². The zero-order valence-electron chi connectivity index (χ0n) is 21.5. The molecule has 5 nitrogen and oxygen atoms in total. The third-order valence-electron chi connectivity index (χ3n) is 5.90. The average molecular weight is 491 g/mol. The Balaban J connectivity index is 1.90. The van der Waals surface area contributed by atoms with Gasteiger partial charge in [0.05, 0.1) is 0 Å². The topological polar surface area (TPSA) is 58.6 Å². The van der Waals surface area contributed by atoms with Gasteiger partial charge in [0.15, 0.2) is 6.61 Å². The molecule has 36 heavy (non-hydrogen) atoms. The minimum Gasteiger partial charge on any atom is -0.483 e. The normalized spacial score (nSPS) is 11.7. The van der Waals surface area contributed by atoms with E-state index in [2.05, 4.69) is 5.32 Å². The first-order valence-electron chi connectivity index (χ1n) is 12.3. The van der Waals surface area contributed by atoms with Crippen LogP contribution in [0.2, 0.25) is 0 Å². The van der Waals surface area contributed by atoms with E-state index in [-0.39, 0.29) is 36.7 Å². The van der Waals surface area contributed by atoms with Gasteiger partial charge in [-0.2, -0.15) is 0 Å². The van der Waals surface area contributed by atoms with Gasteiger partial charge in [0.2, 0.25) is 5.91 Å². The monoisotopic (exact) mass is 490 g/mol. The fourth-order valence-corrected chi connectivity index (χ4v) is 3.95. The zero-order chi connectivity index (χ0) is 26.1. The molecule has 190 valence electrons. The Morgan fingerprint density at radius 3 is 2.28 bits per heavy atom. The number of rotatable bonds is 11. The van der Waals surface area contributed by atoms with Crippen LogP contribution in [0.4, 0.5) is 4.39 Å². The summed E-state index contributed by atoms with van der Waals surface area (Å²) in [4.78, 5) is 28.5. The standard InChI is InChI=1S/C30H35FN2O3/c1-21(2)18-32-30(35)27(17-24-8-6-5-7-9-24)33(19-25-11-13-26(31)14-12-25)29(34)20-36-28-15-10-22(3)16-23(28)4/h5-16,21,27H,17-20H2,1-4H3,(H,32,35)/t27-/m1/s1. The quantitative estimate of drug-likeness (QED) is 0.400. The predicted octanol–water partition coefficient (Wildman–Crippen LogP) is 5.23. The molecule has 3 rings (SSSR count). The van der Waals surface area contributed by atoms with Crippen molar-refractivity contribution in [3.8, 4) is 5.75 Å². The number of amides is 2. The number of benzene rings is 3. The van der Waals surface area contributed by atoms with Gasteiger partial charge in [-0.25, -0.2) is 4.39 Å². The number of nitrogens with one attached hydrogen (secondary N) is 1. The molecule has 2 amide bonds. The first kappa shape index (κ1) is 26.9. The maximum Gasteiger partial charge on any atom is 0.261 e. The first-order valence-corrected chi connectivity index (χ1v) is 12.3. The van der Waals surface area contributed by atoms with Crippen LogP contribution in [0.1, 0.15) is 36.1 Å². The molecule has 0 aromatic heterocycles. The number of hydrogen-bond acceptors (Lipinski definition) is 3. The molecule has 0 saturated carbocycles. The van der Waals surface area contributed by atoms with Crippen molar-refractivity contribution in [3.05, 3.63) is 101 Å². The van der Waals surface area contributed by atoms with Crippen molar-refractivity contribution < 1.29 is 18.7 Å². The van der Waals surface area contributed by atoms with Crippen LogP contribution >= 0.6 is 0 Å². The fourth-order valence-electron chi connectivity index (χ4n) is 3.95. The van der Waals surface area contributed by atoms with E-state index in [1.165, 1.54) is 12.1 Å². The lowest BCUT2D eigenvalue weighted by Gasteiger charge is -2.31. The number of hydrogen-bond donors (Lipinski definition) is 1. The van der Waals surface area contributed by atoms with Gasteiger partial charge in [-0.3, -0.25) is 9.59 Å². The second-order valence-corrected chi connectivity index (χ2v) is 9.55. The van der Waals surface area contributed by atoms with Gasteiger partial charge in [-0.05, 0) is 54.7 Å². The highest BCUT2D eigenvalue weighted by Gasteiger charge is 2.30. The van der Waals surface area contributed by atoms with Crippen molar-refractivity contribution in [3.63, 3.8) is 0 Å². The predicted molar refractivity (Wildman–Crippen MR) is 140 cm³/mol. The third kappa shape index (κ3) is 7.94. The van der Waals surface area contributed by atoms with Crippen LogP contribution in [-0.2, 0) is 22.6 Å². The van der Waals surface area contributed by atoms with Crippen molar-refractivity contribution in [1.29, 1.82) is 0 Å². The van der Waals surface area contributed by atoms with Gasteiger partial charge in [0.1, 0.15) is 17.6 Å². The first-order chi connectivity index (χ1) is 17.2. The molecule has 0 unspecified atom stereocenters. The molecule has 0 aliphatic rings. The molecule has 3 aromatic carbocycles. The summed E-state index contributed by atoms with van der Waals surface area (Å²) in [5, 5.41) is 2.99. The van der Waals surface area contributed by atoms with E-state index in [1.54, 1.807) is 17.0 Å². The van der Waals surface area contributed by atoms with Crippen LogP contribution in [-0.4, -0.2) is 35.9 Å². The maximum atomic E-state index is 13.6. The number of nitrogens with zero attached hydrogens (tertiary/aromatic N) is 1. The summed E-state index contributed by atoms with van der Waals surface area (Å²) in [5.74, 6) is -0.0141. The summed E-state index contributed by atoms with van der Waals surface area (Å²) >= 11 is 0. The van der Waals surface area contributed by atoms with Gasteiger partial charge in [0.25, 0.3) is 5.91 Å². The molecule has 0 spiro atoms. The molecular weight excluding hydrogens is 455 g/mol. The van der Waals surface area contributed by atoms with E-state index in [0.29, 0.717) is 18.7 Å². The van der Waals surface area contributed by atoms with E-state index in [9.17, 15) is 14.0 Å². The van der Waals surface area contributed by atoms with E-state index in [0.717, 1.165) is 22.3 Å². The summed E-state index contributed by atoms with van der Waals surface area (Å²) in [6.45, 7) is 8.41. The van der Waals surface area contributed by atoms with Crippen molar-refractivity contribution >= 4 is 11.8 Å². The number of aryl methyl sites for hydroxylation is 2. The van der Waals surface area contributed by atoms with Crippen molar-refractivity contribution in [1.82, 2.24) is 10.2 Å². The smallest absolute Gasteiger partial charge is 0.261 e. The minimum absolute atomic E-state index is 0.155. The second-order valence-electron chi connectivity index (χ2n) is 9.55. The minimum atomic E-state index is -0.758. The molecule has 0 saturated heterocycles. The zero-order valence-corrected chi connectivity index (χ0v) is 21.5. The Labute approximate surface area is 213 Å². The SMILES string of the molecule is Cc1ccc(OCC(=O)N(Cc2ccc(F)cc2)[C@H](Cc2ccccc2)C(=O)NCC(C)C)c(C)c1. The largest absolute Gasteiger partial charge is 0.483 e. The van der Waals surface area contributed by atoms with E-state index >= 15 is 0 Å². The van der Waals surface area contributed by atoms with Gasteiger partial charge in [-0.1, -0.05) is 74.0 Å². The number of ether oxygens (including phenoxy) is 1. The van der Waals surface area contributed by atoms with Gasteiger partial charge in [0, 0.05) is 19.5 Å². The average Bonchev–Trinajstić information content (AvgIpc) is 2.85. The summed E-state index contributed by atoms with van der Waals surface area (Å²) in [7, 11) is 0. The molecule has 0 fully saturated rings. The van der Waals surface area contributed by atoms with Gasteiger partial charge < -0.3 is 15.0 Å². The van der Waals surface area contributed by atoms with Gasteiger partial charge >= 0.3 is 0 Å². The van der Waals surface area contributed by atoms with Gasteiger partial charge in [-0.15, -0.1) is 0 Å². The molecule has 0 radical (unpaired) electrons.